The third-order valence-electron chi connectivity index (χ3n) is 3.96. The lowest BCUT2D eigenvalue weighted by Crippen LogP contribution is -2.26. The van der Waals surface area contributed by atoms with Crippen molar-refractivity contribution < 1.29 is 14.7 Å². The topological polar surface area (TPSA) is 61.8 Å². The van der Waals surface area contributed by atoms with Crippen LogP contribution in [0.15, 0.2) is 48.5 Å². The number of fused-ring (bicyclic) bond motifs is 1. The molecule has 0 spiro atoms. The average Bonchev–Trinajstić information content (AvgIpc) is 2.72. The minimum atomic E-state index is -0.538. The summed E-state index contributed by atoms with van der Waals surface area (Å²) in [6, 6.07) is 15.6. The highest BCUT2D eigenvalue weighted by molar-refractivity contribution is 5.93. The van der Waals surface area contributed by atoms with Gasteiger partial charge in [-0.15, -0.1) is 0 Å². The Balaban J connectivity index is 1.88. The predicted octanol–water partition coefficient (Wildman–Crippen LogP) is 2.37. The molecule has 0 fully saturated rings. The highest BCUT2D eigenvalue weighted by Crippen LogP contribution is 2.31. The zero-order valence-corrected chi connectivity index (χ0v) is 12.3. The van der Waals surface area contributed by atoms with E-state index in [-0.39, 0.29) is 6.04 Å². The largest absolute Gasteiger partial charge is 0.491 e. The van der Waals surface area contributed by atoms with Gasteiger partial charge in [-0.2, -0.15) is 0 Å². The zero-order valence-electron chi connectivity index (χ0n) is 12.3. The Morgan fingerprint density at radius 1 is 1.27 bits per heavy atom. The van der Waals surface area contributed by atoms with Crippen LogP contribution in [0.2, 0.25) is 0 Å². The summed E-state index contributed by atoms with van der Waals surface area (Å²) >= 11 is 0. The number of rotatable bonds is 2. The van der Waals surface area contributed by atoms with Gasteiger partial charge in [-0.3, -0.25) is 14.9 Å². The Morgan fingerprint density at radius 2 is 2.05 bits per heavy atom. The van der Waals surface area contributed by atoms with Crippen molar-refractivity contribution >= 4 is 5.91 Å². The number of likely N-dealkylation sites (N-methyl/N-ethyl adjacent to an activating group) is 1. The number of nitrogens with one attached hydrogen (secondary N) is 1. The van der Waals surface area contributed by atoms with Gasteiger partial charge < -0.3 is 4.74 Å². The first kappa shape index (κ1) is 14.6. The van der Waals surface area contributed by atoms with Crippen LogP contribution in [0, 0.1) is 0 Å². The second-order valence-electron chi connectivity index (χ2n) is 5.42. The summed E-state index contributed by atoms with van der Waals surface area (Å²) in [5.74, 6) is 0.148. The standard InChI is InChI=1S/C17H18N2O3/c1-19-10-14-8-7-13(17(20)18-21)9-16(14)22-11-15(19)12-5-3-2-4-6-12/h2-9,15,21H,10-11H2,1H3,(H,18,20)/t15-/m0/s1. The molecule has 0 bridgehead atoms. The molecule has 2 aromatic rings. The van der Waals surface area contributed by atoms with E-state index < -0.39 is 5.91 Å². The predicted molar refractivity (Wildman–Crippen MR) is 81.8 cm³/mol. The van der Waals surface area contributed by atoms with E-state index in [1.54, 1.807) is 17.6 Å². The van der Waals surface area contributed by atoms with E-state index in [1.807, 2.05) is 24.3 Å². The molecule has 0 radical (unpaired) electrons. The van der Waals surface area contributed by atoms with Crippen LogP contribution in [-0.4, -0.2) is 29.7 Å². The summed E-state index contributed by atoms with van der Waals surface area (Å²) in [6.07, 6.45) is 0. The number of nitrogens with zero attached hydrogens (tertiary/aromatic N) is 1. The van der Waals surface area contributed by atoms with E-state index >= 15 is 0 Å². The second-order valence-corrected chi connectivity index (χ2v) is 5.42. The maximum Gasteiger partial charge on any atom is 0.274 e. The normalized spacial score (nSPS) is 18.0. The van der Waals surface area contributed by atoms with Crippen molar-refractivity contribution in [2.24, 2.45) is 0 Å². The molecule has 0 saturated carbocycles. The number of hydroxylamine groups is 1. The highest BCUT2D eigenvalue weighted by atomic mass is 16.5. The Bertz CT molecular complexity index is 673. The third kappa shape index (κ3) is 2.81. The summed E-state index contributed by atoms with van der Waals surface area (Å²) in [4.78, 5) is 13.7. The lowest BCUT2D eigenvalue weighted by molar-refractivity contribution is 0.0706. The van der Waals surface area contributed by atoms with Crippen molar-refractivity contribution in [2.75, 3.05) is 13.7 Å². The minimum absolute atomic E-state index is 0.156. The molecule has 1 aliphatic rings. The van der Waals surface area contributed by atoms with Gasteiger partial charge in [0, 0.05) is 17.7 Å². The molecule has 3 rings (SSSR count). The summed E-state index contributed by atoms with van der Waals surface area (Å²) in [5, 5.41) is 8.73. The molecule has 22 heavy (non-hydrogen) atoms. The molecule has 0 saturated heterocycles. The first-order valence-electron chi connectivity index (χ1n) is 7.14. The number of amides is 1. The van der Waals surface area contributed by atoms with E-state index in [1.165, 1.54) is 5.56 Å². The number of carbonyl (C=O) groups is 1. The van der Waals surface area contributed by atoms with Gasteiger partial charge in [-0.05, 0) is 24.7 Å². The molecule has 1 heterocycles. The highest BCUT2D eigenvalue weighted by Gasteiger charge is 2.24. The first-order chi connectivity index (χ1) is 10.7. The van der Waals surface area contributed by atoms with Gasteiger partial charge in [0.15, 0.2) is 0 Å². The fourth-order valence-electron chi connectivity index (χ4n) is 2.73. The third-order valence-corrected chi connectivity index (χ3v) is 3.96. The van der Waals surface area contributed by atoms with Gasteiger partial charge in [0.25, 0.3) is 5.91 Å². The molecule has 5 heteroatoms. The van der Waals surface area contributed by atoms with Gasteiger partial charge in [0.05, 0.1) is 6.04 Å². The second kappa shape index (κ2) is 6.17. The summed E-state index contributed by atoms with van der Waals surface area (Å²) in [6.45, 7) is 1.24. The smallest absolute Gasteiger partial charge is 0.274 e. The number of carbonyl (C=O) groups excluding carboxylic acids is 1. The van der Waals surface area contributed by atoms with Gasteiger partial charge in [-0.25, -0.2) is 5.48 Å². The molecule has 0 aromatic heterocycles. The summed E-state index contributed by atoms with van der Waals surface area (Å²) in [7, 11) is 2.06. The van der Waals surface area contributed by atoms with Crippen LogP contribution in [0.25, 0.3) is 0 Å². The Kier molecular flexibility index (Phi) is 4.09. The Labute approximate surface area is 129 Å². The number of hydrogen-bond acceptors (Lipinski definition) is 4. The van der Waals surface area contributed by atoms with E-state index in [2.05, 4.69) is 24.1 Å². The molecule has 0 aliphatic carbocycles. The fraction of sp³-hybridized carbons (Fsp3) is 0.235. The van der Waals surface area contributed by atoms with E-state index in [9.17, 15) is 4.79 Å². The van der Waals surface area contributed by atoms with Gasteiger partial charge in [-0.1, -0.05) is 36.4 Å². The van der Waals surface area contributed by atoms with Crippen molar-refractivity contribution in [3.63, 3.8) is 0 Å². The molecule has 1 atom stereocenters. The Hall–Kier alpha value is -2.37. The molecule has 1 amide bonds. The van der Waals surface area contributed by atoms with Gasteiger partial charge >= 0.3 is 0 Å². The molecule has 1 aliphatic heterocycles. The SMILES string of the molecule is CN1Cc2ccc(C(=O)NO)cc2OC[C@H]1c1ccccc1. The molecule has 0 unspecified atom stereocenters. The fourth-order valence-corrected chi connectivity index (χ4v) is 2.73. The average molecular weight is 298 g/mol. The molecule has 2 aromatic carbocycles. The van der Waals surface area contributed by atoms with Crippen molar-refractivity contribution in [1.82, 2.24) is 10.4 Å². The monoisotopic (exact) mass is 298 g/mol. The summed E-state index contributed by atoms with van der Waals surface area (Å²) in [5.41, 5.74) is 4.24. The van der Waals surface area contributed by atoms with Crippen molar-refractivity contribution in [1.29, 1.82) is 0 Å². The maximum atomic E-state index is 11.5. The first-order valence-corrected chi connectivity index (χ1v) is 7.14. The quantitative estimate of drug-likeness (QED) is 0.660. The van der Waals surface area contributed by atoms with Crippen LogP contribution in [0.5, 0.6) is 5.75 Å². The maximum absolute atomic E-state index is 11.5. The van der Waals surface area contributed by atoms with Crippen LogP contribution in [0.1, 0.15) is 27.5 Å². The lowest BCUT2D eigenvalue weighted by atomic mass is 10.1. The molecular weight excluding hydrogens is 280 g/mol. The van der Waals surface area contributed by atoms with Crippen molar-refractivity contribution in [2.45, 2.75) is 12.6 Å². The lowest BCUT2D eigenvalue weighted by Gasteiger charge is -2.25. The number of hydrogen-bond donors (Lipinski definition) is 2. The van der Waals surface area contributed by atoms with Gasteiger partial charge in [0.1, 0.15) is 12.4 Å². The Morgan fingerprint density at radius 3 is 2.77 bits per heavy atom. The van der Waals surface area contributed by atoms with Crippen LogP contribution >= 0.6 is 0 Å². The number of ether oxygens (including phenoxy) is 1. The zero-order chi connectivity index (χ0) is 15.5. The summed E-state index contributed by atoms with van der Waals surface area (Å²) < 4.78 is 5.92. The van der Waals surface area contributed by atoms with E-state index in [0.29, 0.717) is 17.9 Å². The van der Waals surface area contributed by atoms with Crippen LogP contribution < -0.4 is 10.2 Å². The molecule has 5 nitrogen and oxygen atoms in total. The molecule has 114 valence electrons. The van der Waals surface area contributed by atoms with Crippen LogP contribution in [0.3, 0.4) is 0 Å². The van der Waals surface area contributed by atoms with Gasteiger partial charge in [0.2, 0.25) is 0 Å². The van der Waals surface area contributed by atoms with E-state index in [4.69, 9.17) is 9.94 Å². The van der Waals surface area contributed by atoms with Crippen LogP contribution in [0.4, 0.5) is 0 Å². The molecular formula is C17H18N2O3. The minimum Gasteiger partial charge on any atom is -0.491 e. The number of benzene rings is 2. The van der Waals surface area contributed by atoms with Crippen molar-refractivity contribution in [3.8, 4) is 5.75 Å². The molecule has 2 N–H and O–H groups in total. The van der Waals surface area contributed by atoms with Crippen molar-refractivity contribution in [3.05, 3.63) is 65.2 Å². The van der Waals surface area contributed by atoms with E-state index in [0.717, 1.165) is 12.1 Å². The van der Waals surface area contributed by atoms with Crippen LogP contribution in [-0.2, 0) is 6.54 Å².